The van der Waals surface area contributed by atoms with Crippen LogP contribution in [0.15, 0.2) is 35.5 Å². The Morgan fingerprint density at radius 3 is 2.20 bits per heavy atom. The Morgan fingerprint density at radius 1 is 0.880 bits per heavy atom. The van der Waals surface area contributed by atoms with Crippen LogP contribution < -0.4 is 18.9 Å². The van der Waals surface area contributed by atoms with Gasteiger partial charge in [0.2, 0.25) is 0 Å². The molecule has 25 heavy (non-hydrogen) atoms. The van der Waals surface area contributed by atoms with Crippen molar-refractivity contribution in [2.75, 3.05) is 28.4 Å². The first-order valence-electron chi connectivity index (χ1n) is 7.72. The van der Waals surface area contributed by atoms with E-state index in [2.05, 4.69) is 5.16 Å². The van der Waals surface area contributed by atoms with Crippen LogP contribution in [0.3, 0.4) is 0 Å². The summed E-state index contributed by atoms with van der Waals surface area (Å²) in [5, 5.41) is 4.03. The van der Waals surface area contributed by atoms with Crippen molar-refractivity contribution < 1.29 is 23.8 Å². The number of rotatable bonds is 8. The average molecular weight is 345 g/mol. The zero-order valence-corrected chi connectivity index (χ0v) is 15.2. The molecular weight excluding hydrogens is 322 g/mol. The molecule has 0 amide bonds. The van der Waals surface area contributed by atoms with Crippen molar-refractivity contribution in [2.45, 2.75) is 13.5 Å². The van der Waals surface area contributed by atoms with Gasteiger partial charge in [-0.3, -0.25) is 0 Å². The molecule has 0 fully saturated rings. The predicted octanol–water partition coefficient (Wildman–Crippen LogP) is 3.58. The summed E-state index contributed by atoms with van der Waals surface area (Å²) in [7, 11) is 6.39. The summed E-state index contributed by atoms with van der Waals surface area (Å²) in [5.74, 6) is 2.60. The van der Waals surface area contributed by atoms with E-state index < -0.39 is 0 Å². The highest BCUT2D eigenvalue weighted by atomic mass is 16.6. The number of hydrogen-bond donors (Lipinski definition) is 0. The zero-order chi connectivity index (χ0) is 18.2. The van der Waals surface area contributed by atoms with Gasteiger partial charge in [0.05, 0.1) is 34.7 Å². The monoisotopic (exact) mass is 345 g/mol. The molecule has 0 bridgehead atoms. The van der Waals surface area contributed by atoms with Crippen molar-refractivity contribution in [1.29, 1.82) is 0 Å². The molecule has 0 aromatic heterocycles. The molecule has 0 aliphatic heterocycles. The first-order chi connectivity index (χ1) is 12.1. The van der Waals surface area contributed by atoms with E-state index in [4.69, 9.17) is 23.8 Å². The summed E-state index contributed by atoms with van der Waals surface area (Å²) in [5.41, 5.74) is 2.77. The highest BCUT2D eigenvalue weighted by Gasteiger charge is 2.09. The second-order valence-corrected chi connectivity index (χ2v) is 5.22. The molecule has 2 aromatic carbocycles. The highest BCUT2D eigenvalue weighted by molar-refractivity contribution is 5.84. The van der Waals surface area contributed by atoms with E-state index in [0.29, 0.717) is 29.6 Å². The van der Waals surface area contributed by atoms with Crippen LogP contribution in [0.5, 0.6) is 23.0 Å². The summed E-state index contributed by atoms with van der Waals surface area (Å²) in [6.45, 7) is 2.30. The number of benzene rings is 2. The Bertz CT molecular complexity index is 743. The van der Waals surface area contributed by atoms with Crippen LogP contribution in [-0.4, -0.2) is 34.7 Å². The van der Waals surface area contributed by atoms with E-state index in [1.807, 2.05) is 37.3 Å². The molecule has 0 aliphatic rings. The highest BCUT2D eigenvalue weighted by Crippen LogP contribution is 2.31. The lowest BCUT2D eigenvalue weighted by molar-refractivity contribution is 0.131. The van der Waals surface area contributed by atoms with Gasteiger partial charge in [0.1, 0.15) is 6.61 Å². The van der Waals surface area contributed by atoms with Gasteiger partial charge in [-0.05, 0) is 42.3 Å². The van der Waals surface area contributed by atoms with Crippen molar-refractivity contribution in [3.8, 4) is 23.0 Å². The molecule has 2 aromatic rings. The third kappa shape index (κ3) is 4.35. The predicted molar refractivity (Wildman–Crippen MR) is 96.2 cm³/mol. The van der Waals surface area contributed by atoms with Gasteiger partial charge in [-0.1, -0.05) is 11.2 Å². The van der Waals surface area contributed by atoms with Crippen LogP contribution in [-0.2, 0) is 11.4 Å². The lowest BCUT2D eigenvalue weighted by Crippen LogP contribution is -1.98. The number of aryl methyl sites for hydroxylation is 1. The van der Waals surface area contributed by atoms with E-state index >= 15 is 0 Å². The molecule has 0 radical (unpaired) electrons. The minimum absolute atomic E-state index is 0.314. The topological polar surface area (TPSA) is 58.5 Å². The normalized spacial score (nSPS) is 10.6. The van der Waals surface area contributed by atoms with Crippen LogP contribution in [0.2, 0.25) is 0 Å². The van der Waals surface area contributed by atoms with Crippen molar-refractivity contribution in [2.24, 2.45) is 5.16 Å². The molecule has 2 rings (SSSR count). The Morgan fingerprint density at radius 2 is 1.56 bits per heavy atom. The Hall–Kier alpha value is -2.89. The standard InChI is InChI=1S/C19H23NO5/c1-13-9-17(22-3)18(23-4)10-15(13)12-25-20-11-14-7-6-8-16(21-2)19(14)24-5/h6-11H,12H2,1-5H3/b20-11-. The Balaban J connectivity index is 2.10. The maximum absolute atomic E-state index is 5.43. The fourth-order valence-electron chi connectivity index (χ4n) is 2.39. The Kier molecular flexibility index (Phi) is 6.51. The summed E-state index contributed by atoms with van der Waals surface area (Å²) in [6.07, 6.45) is 1.59. The van der Waals surface area contributed by atoms with Gasteiger partial charge in [0.25, 0.3) is 0 Å². The Labute approximate surface area is 147 Å². The van der Waals surface area contributed by atoms with Gasteiger partial charge < -0.3 is 23.8 Å². The molecule has 0 saturated carbocycles. The second kappa shape index (κ2) is 8.82. The van der Waals surface area contributed by atoms with Crippen LogP contribution in [0.4, 0.5) is 0 Å². The molecular formula is C19H23NO5. The molecule has 134 valence electrons. The van der Waals surface area contributed by atoms with E-state index in [9.17, 15) is 0 Å². The lowest BCUT2D eigenvalue weighted by Gasteiger charge is -2.12. The third-order valence-electron chi connectivity index (χ3n) is 3.76. The number of oxime groups is 1. The second-order valence-electron chi connectivity index (χ2n) is 5.22. The average Bonchev–Trinajstić information content (AvgIpc) is 2.65. The van der Waals surface area contributed by atoms with Crippen LogP contribution in [0.1, 0.15) is 16.7 Å². The summed E-state index contributed by atoms with van der Waals surface area (Å²) in [6, 6.07) is 9.35. The van der Waals surface area contributed by atoms with E-state index in [0.717, 1.165) is 16.7 Å². The largest absolute Gasteiger partial charge is 0.493 e. The van der Waals surface area contributed by atoms with Crippen molar-refractivity contribution in [3.63, 3.8) is 0 Å². The number of hydrogen-bond acceptors (Lipinski definition) is 6. The minimum atomic E-state index is 0.314. The summed E-state index contributed by atoms with van der Waals surface area (Å²) in [4.78, 5) is 5.43. The SMILES string of the molecule is COc1cc(C)c(CO/N=C\c2cccc(OC)c2OC)cc1OC. The quantitative estimate of drug-likeness (QED) is 0.541. The van der Waals surface area contributed by atoms with Crippen LogP contribution >= 0.6 is 0 Å². The van der Waals surface area contributed by atoms with Gasteiger partial charge in [-0.15, -0.1) is 0 Å². The molecule has 0 spiro atoms. The molecule has 6 nitrogen and oxygen atoms in total. The number of nitrogens with zero attached hydrogens (tertiary/aromatic N) is 1. The van der Waals surface area contributed by atoms with Gasteiger partial charge >= 0.3 is 0 Å². The van der Waals surface area contributed by atoms with Crippen molar-refractivity contribution in [1.82, 2.24) is 0 Å². The van der Waals surface area contributed by atoms with Gasteiger partial charge in [-0.2, -0.15) is 0 Å². The first kappa shape index (κ1) is 18.4. The molecule has 0 unspecified atom stereocenters. The minimum Gasteiger partial charge on any atom is -0.493 e. The van der Waals surface area contributed by atoms with E-state index in [1.165, 1.54) is 0 Å². The van der Waals surface area contributed by atoms with Gasteiger partial charge in [0, 0.05) is 5.56 Å². The third-order valence-corrected chi connectivity index (χ3v) is 3.76. The number of para-hydroxylation sites is 1. The van der Waals surface area contributed by atoms with E-state index in [-0.39, 0.29) is 0 Å². The fraction of sp³-hybridized carbons (Fsp3) is 0.316. The van der Waals surface area contributed by atoms with Crippen LogP contribution in [0, 0.1) is 6.92 Å². The van der Waals surface area contributed by atoms with Gasteiger partial charge in [0.15, 0.2) is 23.0 Å². The van der Waals surface area contributed by atoms with E-state index in [1.54, 1.807) is 34.7 Å². The molecule has 0 heterocycles. The molecule has 0 saturated heterocycles. The van der Waals surface area contributed by atoms with Gasteiger partial charge in [-0.25, -0.2) is 0 Å². The smallest absolute Gasteiger partial charge is 0.169 e. The number of ether oxygens (including phenoxy) is 4. The van der Waals surface area contributed by atoms with Crippen molar-refractivity contribution >= 4 is 6.21 Å². The lowest BCUT2D eigenvalue weighted by atomic mass is 10.1. The number of methoxy groups -OCH3 is 4. The molecule has 0 N–H and O–H groups in total. The maximum Gasteiger partial charge on any atom is 0.169 e. The molecule has 0 aliphatic carbocycles. The summed E-state index contributed by atoms with van der Waals surface area (Å²) < 4.78 is 21.2. The fourth-order valence-corrected chi connectivity index (χ4v) is 2.39. The maximum atomic E-state index is 5.43. The van der Waals surface area contributed by atoms with Crippen LogP contribution in [0.25, 0.3) is 0 Å². The van der Waals surface area contributed by atoms with Crippen molar-refractivity contribution in [3.05, 3.63) is 47.0 Å². The molecule has 6 heteroatoms. The zero-order valence-electron chi connectivity index (χ0n) is 15.2. The summed E-state index contributed by atoms with van der Waals surface area (Å²) >= 11 is 0. The molecule has 0 atom stereocenters. The first-order valence-corrected chi connectivity index (χ1v) is 7.72.